The Morgan fingerprint density at radius 1 is 1.18 bits per heavy atom. The minimum atomic E-state index is -1.24. The van der Waals surface area contributed by atoms with Gasteiger partial charge in [0.25, 0.3) is 5.91 Å². The number of benzene rings is 2. The van der Waals surface area contributed by atoms with Crippen LogP contribution in [0.3, 0.4) is 0 Å². The number of rotatable bonds is 8. The molecule has 0 saturated carbocycles. The number of ether oxygens (including phenoxy) is 3. The van der Waals surface area contributed by atoms with Crippen molar-refractivity contribution in [1.82, 2.24) is 10.2 Å². The van der Waals surface area contributed by atoms with Crippen LogP contribution in [0.1, 0.15) is 36.0 Å². The number of hydrogen-bond acceptors (Lipinski definition) is 5. The zero-order valence-corrected chi connectivity index (χ0v) is 18.4. The number of halogens is 2. The first-order valence-corrected chi connectivity index (χ1v) is 11.0. The Labute approximate surface area is 190 Å². The summed E-state index contributed by atoms with van der Waals surface area (Å²) >= 11 is 0. The third-order valence-corrected chi connectivity index (χ3v) is 5.79. The van der Waals surface area contributed by atoms with E-state index in [2.05, 4.69) is 5.32 Å². The third kappa shape index (κ3) is 5.08. The summed E-state index contributed by atoms with van der Waals surface area (Å²) in [6.07, 6.45) is 2.48. The van der Waals surface area contributed by atoms with Gasteiger partial charge in [-0.25, -0.2) is 8.78 Å². The lowest BCUT2D eigenvalue weighted by Gasteiger charge is -2.17. The summed E-state index contributed by atoms with van der Waals surface area (Å²) in [6.45, 7) is 1.75. The van der Waals surface area contributed by atoms with E-state index in [4.69, 9.17) is 14.2 Å². The molecule has 0 bridgehead atoms. The van der Waals surface area contributed by atoms with Crippen LogP contribution in [0.5, 0.6) is 11.5 Å². The van der Waals surface area contributed by atoms with Crippen LogP contribution in [-0.4, -0.2) is 56.4 Å². The van der Waals surface area contributed by atoms with E-state index >= 15 is 0 Å². The summed E-state index contributed by atoms with van der Waals surface area (Å²) in [4.78, 5) is 25.7. The molecule has 9 heteroatoms. The van der Waals surface area contributed by atoms with Crippen molar-refractivity contribution in [2.75, 3.05) is 33.4 Å². The van der Waals surface area contributed by atoms with E-state index in [-0.39, 0.29) is 18.0 Å². The van der Waals surface area contributed by atoms with Crippen molar-refractivity contribution in [2.24, 2.45) is 0 Å². The van der Waals surface area contributed by atoms with Crippen molar-refractivity contribution in [2.45, 2.75) is 32.0 Å². The van der Waals surface area contributed by atoms with Crippen LogP contribution >= 0.6 is 0 Å². The summed E-state index contributed by atoms with van der Waals surface area (Å²) in [7, 11) is 1.49. The molecule has 4 rings (SSSR count). The number of carbonyl (C=O) groups excluding carboxylic acids is 2. The van der Waals surface area contributed by atoms with Crippen LogP contribution in [0.15, 0.2) is 30.3 Å². The van der Waals surface area contributed by atoms with Gasteiger partial charge < -0.3 is 24.4 Å². The highest BCUT2D eigenvalue weighted by Gasteiger charge is 2.23. The first kappa shape index (κ1) is 23.0. The quantitative estimate of drug-likeness (QED) is 0.653. The first-order valence-electron chi connectivity index (χ1n) is 11.0. The summed E-state index contributed by atoms with van der Waals surface area (Å²) in [5.41, 5.74) is -0.0282. The van der Waals surface area contributed by atoms with E-state index in [1.807, 2.05) is 0 Å². The maximum absolute atomic E-state index is 14.9. The Hall–Kier alpha value is -3.20. The molecule has 0 aliphatic carbocycles. The molecule has 0 radical (unpaired) electrons. The molecule has 2 aromatic rings. The van der Waals surface area contributed by atoms with Crippen molar-refractivity contribution in [3.05, 3.63) is 47.5 Å². The number of hydrogen-bond donors (Lipinski definition) is 1. The predicted octanol–water partition coefficient (Wildman–Crippen LogP) is 3.51. The minimum absolute atomic E-state index is 0.00782. The van der Waals surface area contributed by atoms with Gasteiger partial charge in [-0.3, -0.25) is 9.59 Å². The summed E-state index contributed by atoms with van der Waals surface area (Å²) in [5.74, 6) is -2.26. The minimum Gasteiger partial charge on any atom is -0.493 e. The van der Waals surface area contributed by atoms with E-state index in [0.717, 1.165) is 19.3 Å². The zero-order chi connectivity index (χ0) is 23.4. The van der Waals surface area contributed by atoms with Crippen LogP contribution in [0.25, 0.3) is 11.1 Å². The Kier molecular flexibility index (Phi) is 7.08. The fraction of sp³-hybridized carbons (Fsp3) is 0.417. The number of carbonyl (C=O) groups is 2. The molecule has 1 N–H and O–H groups in total. The molecule has 2 aliphatic heterocycles. The maximum Gasteiger partial charge on any atom is 0.254 e. The molecule has 7 nitrogen and oxygen atoms in total. The molecule has 33 heavy (non-hydrogen) atoms. The van der Waals surface area contributed by atoms with E-state index < -0.39 is 29.4 Å². The normalized spacial score (nSPS) is 18.0. The highest BCUT2D eigenvalue weighted by atomic mass is 19.2. The first-order chi connectivity index (χ1) is 16.0. The van der Waals surface area contributed by atoms with E-state index in [9.17, 15) is 18.4 Å². The monoisotopic (exact) mass is 460 g/mol. The second-order valence-corrected chi connectivity index (χ2v) is 7.95. The van der Waals surface area contributed by atoms with Gasteiger partial charge in [0.15, 0.2) is 29.4 Å². The van der Waals surface area contributed by atoms with Crippen LogP contribution < -0.4 is 14.8 Å². The summed E-state index contributed by atoms with van der Waals surface area (Å²) in [5, 5.41) is 2.55. The molecule has 2 aliphatic rings. The van der Waals surface area contributed by atoms with Gasteiger partial charge in [-0.1, -0.05) is 12.1 Å². The molecule has 2 aromatic carbocycles. The van der Waals surface area contributed by atoms with Crippen LogP contribution in [0, 0.1) is 11.6 Å². The largest absolute Gasteiger partial charge is 0.493 e. The lowest BCUT2D eigenvalue weighted by Crippen LogP contribution is -2.35. The molecular weight excluding hydrogens is 434 g/mol. The van der Waals surface area contributed by atoms with Crippen molar-refractivity contribution in [1.29, 1.82) is 0 Å². The SMILES string of the molecule is COc1ccc(-c2ccc(C(=O)NCCN3CCCC3=O)c(F)c2F)cc1OC1CCCO1. The number of likely N-dealkylation sites (tertiary alicyclic amines) is 1. The van der Waals surface area contributed by atoms with Gasteiger partial charge in [0, 0.05) is 38.0 Å². The van der Waals surface area contributed by atoms with Gasteiger partial charge in [-0.15, -0.1) is 0 Å². The number of nitrogens with one attached hydrogen (secondary N) is 1. The molecule has 1 atom stereocenters. The summed E-state index contributed by atoms with van der Waals surface area (Å²) < 4.78 is 46.3. The van der Waals surface area contributed by atoms with Gasteiger partial charge in [-0.2, -0.15) is 0 Å². The van der Waals surface area contributed by atoms with E-state index in [1.54, 1.807) is 23.1 Å². The lowest BCUT2D eigenvalue weighted by molar-refractivity contribution is -0.127. The van der Waals surface area contributed by atoms with Crippen LogP contribution in [-0.2, 0) is 9.53 Å². The fourth-order valence-corrected chi connectivity index (χ4v) is 4.01. The van der Waals surface area contributed by atoms with Crippen molar-refractivity contribution >= 4 is 11.8 Å². The van der Waals surface area contributed by atoms with Crippen molar-refractivity contribution in [3.63, 3.8) is 0 Å². The smallest absolute Gasteiger partial charge is 0.254 e. The number of methoxy groups -OCH3 is 1. The highest BCUT2D eigenvalue weighted by Crippen LogP contribution is 2.36. The lowest BCUT2D eigenvalue weighted by atomic mass is 10.0. The predicted molar refractivity (Wildman–Crippen MR) is 116 cm³/mol. The molecule has 176 valence electrons. The van der Waals surface area contributed by atoms with E-state index in [1.165, 1.54) is 19.2 Å². The highest BCUT2D eigenvalue weighted by molar-refractivity contribution is 5.95. The molecule has 0 spiro atoms. The van der Waals surface area contributed by atoms with Crippen molar-refractivity contribution < 1.29 is 32.6 Å². The molecule has 1 unspecified atom stereocenters. The average molecular weight is 460 g/mol. The molecule has 2 amide bonds. The van der Waals surface area contributed by atoms with Gasteiger partial charge >= 0.3 is 0 Å². The van der Waals surface area contributed by atoms with Crippen LogP contribution in [0.2, 0.25) is 0 Å². The van der Waals surface area contributed by atoms with Crippen molar-refractivity contribution in [3.8, 4) is 22.6 Å². The Morgan fingerprint density at radius 2 is 2.03 bits per heavy atom. The Balaban J connectivity index is 1.49. The molecule has 2 fully saturated rings. The fourth-order valence-electron chi connectivity index (χ4n) is 4.01. The second kappa shape index (κ2) is 10.2. The third-order valence-electron chi connectivity index (χ3n) is 5.79. The molecule has 0 aromatic heterocycles. The molecular formula is C24H26F2N2O5. The Bertz CT molecular complexity index is 1040. The number of nitrogens with zero attached hydrogens (tertiary/aromatic N) is 1. The van der Waals surface area contributed by atoms with E-state index in [0.29, 0.717) is 43.2 Å². The topological polar surface area (TPSA) is 77.1 Å². The van der Waals surface area contributed by atoms with Gasteiger partial charge in [-0.05, 0) is 36.6 Å². The average Bonchev–Trinajstić information content (AvgIpc) is 3.47. The maximum atomic E-state index is 14.9. The number of amides is 2. The van der Waals surface area contributed by atoms with Crippen LogP contribution in [0.4, 0.5) is 8.78 Å². The second-order valence-electron chi connectivity index (χ2n) is 7.95. The zero-order valence-electron chi connectivity index (χ0n) is 18.4. The van der Waals surface area contributed by atoms with Gasteiger partial charge in [0.1, 0.15) is 0 Å². The molecule has 2 saturated heterocycles. The van der Waals surface area contributed by atoms with Gasteiger partial charge in [0.05, 0.1) is 19.3 Å². The Morgan fingerprint density at radius 3 is 2.73 bits per heavy atom. The van der Waals surface area contributed by atoms with Gasteiger partial charge in [0.2, 0.25) is 5.91 Å². The molecule has 2 heterocycles. The standard InChI is InChI=1S/C24H26F2N2O5/c1-31-18-9-6-15(14-19(18)33-21-5-3-13-32-21)16-7-8-17(23(26)22(16)25)24(30)27-10-12-28-11-2-4-20(28)29/h6-9,14,21H,2-5,10-13H2,1H3,(H,27,30). The summed E-state index contributed by atoms with van der Waals surface area (Å²) in [6, 6.07) is 7.36.